The average molecular weight is 300 g/mol. The van der Waals surface area contributed by atoms with Crippen molar-refractivity contribution in [2.24, 2.45) is 0 Å². The van der Waals surface area contributed by atoms with Gasteiger partial charge in [0.2, 0.25) is 0 Å². The molecule has 0 heterocycles. The Bertz CT molecular complexity index is 657. The van der Waals surface area contributed by atoms with E-state index >= 15 is 0 Å². The van der Waals surface area contributed by atoms with Crippen LogP contribution in [0, 0.1) is 20.2 Å². The van der Waals surface area contributed by atoms with Gasteiger partial charge in [-0.05, 0) is 0 Å². The molecule has 0 fully saturated rings. The summed E-state index contributed by atoms with van der Waals surface area (Å²) in [6.45, 7) is 0. The first kappa shape index (κ1) is 15.5. The molecular formula is C9H4N2O10. The highest BCUT2D eigenvalue weighted by atomic mass is 16.6. The second-order valence-electron chi connectivity index (χ2n) is 3.47. The Morgan fingerprint density at radius 1 is 0.857 bits per heavy atom. The zero-order valence-corrected chi connectivity index (χ0v) is 9.67. The first-order valence-corrected chi connectivity index (χ1v) is 4.79. The standard InChI is InChI=1S/C9H4N2O10/c12-7(13)2-1-3(10(18)19)4(8(14)15)5(9(16)17)6(2)11(20)21/h1H,(H,12,13)(H,14,15)(H,16,17). The molecule has 21 heavy (non-hydrogen) atoms. The monoisotopic (exact) mass is 300 g/mol. The van der Waals surface area contributed by atoms with Gasteiger partial charge < -0.3 is 15.3 Å². The lowest BCUT2D eigenvalue weighted by Gasteiger charge is -2.06. The number of rotatable bonds is 5. The number of hydrogen-bond acceptors (Lipinski definition) is 7. The summed E-state index contributed by atoms with van der Waals surface area (Å²) in [6, 6.07) is 0.135. The van der Waals surface area contributed by atoms with Gasteiger partial charge in [0.25, 0.3) is 11.4 Å². The van der Waals surface area contributed by atoms with Crippen LogP contribution in [0.1, 0.15) is 31.1 Å². The number of nitrogens with zero attached hydrogens (tertiary/aromatic N) is 2. The van der Waals surface area contributed by atoms with Crippen molar-refractivity contribution in [1.82, 2.24) is 0 Å². The number of nitro benzene ring substituents is 2. The van der Waals surface area contributed by atoms with E-state index in [-0.39, 0.29) is 6.07 Å². The number of carboxylic acid groups (broad SMARTS) is 3. The molecule has 0 aliphatic heterocycles. The highest BCUT2D eigenvalue weighted by Gasteiger charge is 2.39. The second kappa shape index (κ2) is 5.20. The van der Waals surface area contributed by atoms with Gasteiger partial charge in [0.1, 0.15) is 5.56 Å². The van der Waals surface area contributed by atoms with Gasteiger partial charge in [0.05, 0.1) is 9.85 Å². The Morgan fingerprint density at radius 2 is 1.33 bits per heavy atom. The molecule has 12 nitrogen and oxygen atoms in total. The second-order valence-corrected chi connectivity index (χ2v) is 3.47. The van der Waals surface area contributed by atoms with Crippen molar-refractivity contribution in [2.45, 2.75) is 0 Å². The fourth-order valence-corrected chi connectivity index (χ4v) is 1.58. The van der Waals surface area contributed by atoms with Gasteiger partial charge >= 0.3 is 17.9 Å². The average Bonchev–Trinajstić information content (AvgIpc) is 2.34. The molecule has 0 atom stereocenters. The summed E-state index contributed by atoms with van der Waals surface area (Å²) in [5, 5.41) is 48.1. The summed E-state index contributed by atoms with van der Waals surface area (Å²) >= 11 is 0. The highest BCUT2D eigenvalue weighted by Crippen LogP contribution is 2.34. The van der Waals surface area contributed by atoms with E-state index in [2.05, 4.69) is 0 Å². The van der Waals surface area contributed by atoms with Crippen LogP contribution in [-0.2, 0) is 0 Å². The van der Waals surface area contributed by atoms with E-state index in [1.807, 2.05) is 0 Å². The van der Waals surface area contributed by atoms with Crippen molar-refractivity contribution in [2.75, 3.05) is 0 Å². The Kier molecular flexibility index (Phi) is 3.83. The van der Waals surface area contributed by atoms with Crippen molar-refractivity contribution >= 4 is 29.3 Å². The lowest BCUT2D eigenvalue weighted by Crippen LogP contribution is -2.17. The molecule has 12 heteroatoms. The Morgan fingerprint density at radius 3 is 1.62 bits per heavy atom. The molecule has 3 N–H and O–H groups in total. The summed E-state index contributed by atoms with van der Waals surface area (Å²) in [4.78, 5) is 51.7. The van der Waals surface area contributed by atoms with Crippen LogP contribution in [0.4, 0.5) is 11.4 Å². The minimum absolute atomic E-state index is 0.135. The van der Waals surface area contributed by atoms with Gasteiger partial charge in [-0.15, -0.1) is 0 Å². The molecule has 0 aliphatic rings. The Balaban J connectivity index is 4.13. The summed E-state index contributed by atoms with van der Waals surface area (Å²) in [6.07, 6.45) is 0. The van der Waals surface area contributed by atoms with Crippen LogP contribution in [0.3, 0.4) is 0 Å². The largest absolute Gasteiger partial charge is 0.477 e. The predicted molar refractivity (Wildman–Crippen MR) is 60.6 cm³/mol. The van der Waals surface area contributed by atoms with Crippen LogP contribution in [-0.4, -0.2) is 43.1 Å². The van der Waals surface area contributed by atoms with Crippen LogP contribution in [0.2, 0.25) is 0 Å². The Hall–Kier alpha value is -3.57. The Labute approximate surface area is 113 Å². The van der Waals surface area contributed by atoms with E-state index in [0.29, 0.717) is 0 Å². The number of hydrogen-bond donors (Lipinski definition) is 3. The summed E-state index contributed by atoms with van der Waals surface area (Å²) in [5.41, 5.74) is -7.25. The molecule has 110 valence electrons. The van der Waals surface area contributed by atoms with Gasteiger partial charge in [-0.25, -0.2) is 14.4 Å². The summed E-state index contributed by atoms with van der Waals surface area (Å²) in [7, 11) is 0. The van der Waals surface area contributed by atoms with Crippen molar-refractivity contribution in [3.05, 3.63) is 43.0 Å². The smallest absolute Gasteiger partial charge is 0.343 e. The van der Waals surface area contributed by atoms with Gasteiger partial charge in [-0.2, -0.15) is 0 Å². The molecule has 0 spiro atoms. The molecule has 0 saturated heterocycles. The van der Waals surface area contributed by atoms with Crippen LogP contribution in [0.15, 0.2) is 6.07 Å². The molecule has 1 aromatic carbocycles. The van der Waals surface area contributed by atoms with Crippen molar-refractivity contribution in [3.63, 3.8) is 0 Å². The van der Waals surface area contributed by atoms with Gasteiger partial charge in [-0.1, -0.05) is 0 Å². The first-order valence-electron chi connectivity index (χ1n) is 4.79. The third-order valence-corrected chi connectivity index (χ3v) is 2.32. The molecule has 1 aromatic rings. The van der Waals surface area contributed by atoms with Crippen LogP contribution in [0.25, 0.3) is 0 Å². The predicted octanol–water partition coefficient (Wildman–Crippen LogP) is 0.598. The van der Waals surface area contributed by atoms with Gasteiger partial charge in [0, 0.05) is 6.07 Å². The zero-order valence-electron chi connectivity index (χ0n) is 9.67. The summed E-state index contributed by atoms with van der Waals surface area (Å²) < 4.78 is 0. The fraction of sp³-hybridized carbons (Fsp3) is 0. The topological polar surface area (TPSA) is 198 Å². The molecule has 0 radical (unpaired) electrons. The van der Waals surface area contributed by atoms with E-state index < -0.39 is 55.8 Å². The number of carbonyl (C=O) groups is 3. The molecule has 0 aromatic heterocycles. The maximum absolute atomic E-state index is 11.0. The molecule has 0 saturated carbocycles. The number of benzene rings is 1. The van der Waals surface area contributed by atoms with E-state index in [0.717, 1.165) is 0 Å². The van der Waals surface area contributed by atoms with E-state index in [1.165, 1.54) is 0 Å². The molecule has 1 rings (SSSR count). The van der Waals surface area contributed by atoms with Crippen LogP contribution in [0.5, 0.6) is 0 Å². The highest BCUT2D eigenvalue weighted by molar-refractivity contribution is 6.11. The number of nitro groups is 2. The van der Waals surface area contributed by atoms with Crippen LogP contribution >= 0.6 is 0 Å². The SMILES string of the molecule is O=C(O)c1cc([N+](=O)[O-])c(C(=O)O)c(C(=O)O)c1[N+](=O)[O-]. The lowest BCUT2D eigenvalue weighted by atomic mass is 9.98. The van der Waals surface area contributed by atoms with Crippen molar-refractivity contribution in [1.29, 1.82) is 0 Å². The van der Waals surface area contributed by atoms with Gasteiger partial charge in [-0.3, -0.25) is 20.2 Å². The normalized spacial score (nSPS) is 9.90. The molecule has 0 aliphatic carbocycles. The molecular weight excluding hydrogens is 296 g/mol. The van der Waals surface area contributed by atoms with Crippen molar-refractivity contribution < 1.29 is 39.5 Å². The van der Waals surface area contributed by atoms with E-state index in [4.69, 9.17) is 15.3 Å². The van der Waals surface area contributed by atoms with Crippen molar-refractivity contribution in [3.8, 4) is 0 Å². The minimum atomic E-state index is -2.18. The summed E-state index contributed by atoms with van der Waals surface area (Å²) in [5.74, 6) is -6.30. The minimum Gasteiger partial charge on any atom is -0.477 e. The third kappa shape index (κ3) is 2.58. The molecule has 0 amide bonds. The zero-order chi connectivity index (χ0) is 16.5. The van der Waals surface area contributed by atoms with E-state index in [9.17, 15) is 34.6 Å². The maximum atomic E-state index is 11.0. The third-order valence-electron chi connectivity index (χ3n) is 2.32. The lowest BCUT2D eigenvalue weighted by molar-refractivity contribution is -0.389. The fourth-order valence-electron chi connectivity index (χ4n) is 1.58. The quantitative estimate of drug-likeness (QED) is 0.510. The van der Waals surface area contributed by atoms with E-state index in [1.54, 1.807) is 0 Å². The molecule has 0 bridgehead atoms. The maximum Gasteiger partial charge on any atom is 0.343 e. The van der Waals surface area contributed by atoms with Crippen LogP contribution < -0.4 is 0 Å². The number of carboxylic acids is 3. The number of aromatic carboxylic acids is 3. The molecule has 0 unspecified atom stereocenters. The van der Waals surface area contributed by atoms with Gasteiger partial charge in [0.15, 0.2) is 11.1 Å². The first-order chi connectivity index (χ1) is 9.59.